The summed E-state index contributed by atoms with van der Waals surface area (Å²) in [5.41, 5.74) is -0.0430. The van der Waals surface area contributed by atoms with Crippen molar-refractivity contribution in [1.82, 2.24) is 0 Å². The van der Waals surface area contributed by atoms with E-state index in [1.165, 1.54) is 12.1 Å². The molecule has 160 valence electrons. The molecule has 0 aliphatic carbocycles. The first-order chi connectivity index (χ1) is 14.7. The summed E-state index contributed by atoms with van der Waals surface area (Å²) in [6, 6.07) is 21.6. The number of primary sulfonamides is 1. The predicted molar refractivity (Wildman–Crippen MR) is 120 cm³/mol. The van der Waals surface area contributed by atoms with Gasteiger partial charge in [0.05, 0.1) is 11.4 Å². The molecule has 9 heteroatoms. The zero-order chi connectivity index (χ0) is 22.2. The number of hydrogen-bond acceptors (Lipinski definition) is 6. The van der Waals surface area contributed by atoms with Gasteiger partial charge in [-0.1, -0.05) is 41.9 Å². The number of aliphatic hydroxyl groups excluding tert-OH is 1. The Morgan fingerprint density at radius 2 is 1.61 bits per heavy atom. The molecular formula is C22H20ClN3O4S. The summed E-state index contributed by atoms with van der Waals surface area (Å²) < 4.78 is 23.2. The van der Waals surface area contributed by atoms with Crippen LogP contribution in [0, 0.1) is 0 Å². The standard InChI is InChI=1S/C22H20ClN3O4S/c23-17-8-6-16(7-9-17)21-25-22(28,20(27)15-4-2-1-3-5-15)14-26(21)18-10-12-19(13-11-18)31(24,29)30/h1-13,20,27-28H,14H2,(H2,24,29,30). The molecule has 1 aliphatic rings. The van der Waals surface area contributed by atoms with Crippen LogP contribution in [0.2, 0.25) is 5.02 Å². The number of benzene rings is 3. The van der Waals surface area contributed by atoms with Gasteiger partial charge in [0, 0.05) is 16.3 Å². The average Bonchev–Trinajstić information content (AvgIpc) is 3.13. The fraction of sp³-hybridized carbons (Fsp3) is 0.136. The fourth-order valence-electron chi connectivity index (χ4n) is 3.49. The van der Waals surface area contributed by atoms with Crippen LogP contribution in [0.3, 0.4) is 0 Å². The molecule has 2 atom stereocenters. The van der Waals surface area contributed by atoms with Gasteiger partial charge in [-0.2, -0.15) is 0 Å². The van der Waals surface area contributed by atoms with Gasteiger partial charge in [-0.05, 0) is 54.1 Å². The lowest BCUT2D eigenvalue weighted by Gasteiger charge is -2.28. The first-order valence-corrected chi connectivity index (χ1v) is 11.3. The van der Waals surface area contributed by atoms with Crippen LogP contribution in [0.1, 0.15) is 17.2 Å². The van der Waals surface area contributed by atoms with Crippen molar-refractivity contribution in [1.29, 1.82) is 0 Å². The number of β-amino-alcohol motifs (C(OH)–C–C–N with tert-alkyl or cyclic N) is 1. The third-order valence-electron chi connectivity index (χ3n) is 5.08. The number of nitrogens with two attached hydrogens (primary N) is 1. The third kappa shape index (κ3) is 4.34. The molecule has 0 fully saturated rings. The molecular weight excluding hydrogens is 438 g/mol. The fourth-order valence-corrected chi connectivity index (χ4v) is 4.13. The highest BCUT2D eigenvalue weighted by Gasteiger charge is 2.45. The van der Waals surface area contributed by atoms with E-state index in [9.17, 15) is 18.6 Å². The molecule has 0 saturated carbocycles. The number of anilines is 1. The Kier molecular flexibility index (Phi) is 5.59. The lowest BCUT2D eigenvalue weighted by atomic mass is 9.99. The summed E-state index contributed by atoms with van der Waals surface area (Å²) in [6.45, 7) is -0.0459. The van der Waals surface area contributed by atoms with Crippen LogP contribution in [0.5, 0.6) is 0 Å². The second kappa shape index (κ2) is 8.07. The van der Waals surface area contributed by atoms with Crippen molar-refractivity contribution in [2.75, 3.05) is 11.4 Å². The van der Waals surface area contributed by atoms with Gasteiger partial charge >= 0.3 is 0 Å². The summed E-state index contributed by atoms with van der Waals surface area (Å²) >= 11 is 6.01. The van der Waals surface area contributed by atoms with Crippen molar-refractivity contribution in [2.45, 2.75) is 16.7 Å². The van der Waals surface area contributed by atoms with Gasteiger partial charge in [-0.15, -0.1) is 0 Å². The van der Waals surface area contributed by atoms with Gasteiger partial charge in [0.2, 0.25) is 15.7 Å². The van der Waals surface area contributed by atoms with Gasteiger partial charge in [0.15, 0.2) is 0 Å². The molecule has 3 aromatic rings. The Bertz CT molecular complexity index is 1220. The molecule has 3 aromatic carbocycles. The number of rotatable bonds is 5. The lowest BCUT2D eigenvalue weighted by Crippen LogP contribution is -2.41. The second-order valence-corrected chi connectivity index (χ2v) is 9.26. The highest BCUT2D eigenvalue weighted by Crippen LogP contribution is 2.36. The number of amidine groups is 1. The normalized spacial score (nSPS) is 19.9. The summed E-state index contributed by atoms with van der Waals surface area (Å²) in [4.78, 5) is 6.17. The Labute approximate surface area is 185 Å². The van der Waals surface area contributed by atoms with Crippen LogP contribution >= 0.6 is 11.6 Å². The van der Waals surface area contributed by atoms with Crippen LogP contribution in [0.4, 0.5) is 5.69 Å². The largest absolute Gasteiger partial charge is 0.383 e. The number of sulfonamides is 1. The van der Waals surface area contributed by atoms with Crippen LogP contribution < -0.4 is 10.0 Å². The first-order valence-electron chi connectivity index (χ1n) is 9.39. The maximum Gasteiger partial charge on any atom is 0.238 e. The van der Waals surface area contributed by atoms with E-state index in [0.717, 1.165) is 0 Å². The Morgan fingerprint density at radius 1 is 1.00 bits per heavy atom. The van der Waals surface area contributed by atoms with E-state index in [4.69, 9.17) is 16.7 Å². The molecule has 1 heterocycles. The van der Waals surface area contributed by atoms with E-state index in [0.29, 0.717) is 27.7 Å². The molecule has 2 unspecified atom stereocenters. The first kappa shape index (κ1) is 21.5. The zero-order valence-corrected chi connectivity index (χ0v) is 17.8. The minimum atomic E-state index is -3.84. The van der Waals surface area contributed by atoms with Crippen molar-refractivity contribution in [2.24, 2.45) is 10.1 Å². The molecule has 31 heavy (non-hydrogen) atoms. The monoisotopic (exact) mass is 457 g/mol. The SMILES string of the molecule is NS(=O)(=O)c1ccc(N2CC(O)(C(O)c3ccccc3)N=C2c2ccc(Cl)cc2)cc1. The summed E-state index contributed by atoms with van der Waals surface area (Å²) in [5.74, 6) is 0.414. The van der Waals surface area contributed by atoms with Crippen LogP contribution in [-0.4, -0.2) is 36.7 Å². The zero-order valence-electron chi connectivity index (χ0n) is 16.3. The number of aliphatic imine (C=N–C) groups is 1. The average molecular weight is 458 g/mol. The molecule has 0 radical (unpaired) electrons. The van der Waals surface area contributed by atoms with E-state index >= 15 is 0 Å². The highest BCUT2D eigenvalue weighted by atomic mass is 35.5. The highest BCUT2D eigenvalue weighted by molar-refractivity contribution is 7.89. The van der Waals surface area contributed by atoms with E-state index in [-0.39, 0.29) is 11.4 Å². The Morgan fingerprint density at radius 3 is 2.19 bits per heavy atom. The van der Waals surface area contributed by atoms with Crippen LogP contribution in [-0.2, 0) is 10.0 Å². The second-order valence-electron chi connectivity index (χ2n) is 7.26. The number of aliphatic hydroxyl groups is 2. The van der Waals surface area contributed by atoms with Gasteiger partial charge in [-0.3, -0.25) is 0 Å². The van der Waals surface area contributed by atoms with E-state index in [1.807, 2.05) is 6.07 Å². The topological polar surface area (TPSA) is 116 Å². The molecule has 0 bridgehead atoms. The van der Waals surface area contributed by atoms with Gasteiger partial charge in [0.25, 0.3) is 0 Å². The molecule has 0 saturated heterocycles. The van der Waals surface area contributed by atoms with Gasteiger partial charge in [-0.25, -0.2) is 18.5 Å². The van der Waals surface area contributed by atoms with Crippen LogP contribution in [0.25, 0.3) is 0 Å². The Balaban J connectivity index is 1.77. The molecule has 4 N–H and O–H groups in total. The van der Waals surface area contributed by atoms with Crippen molar-refractivity contribution in [3.63, 3.8) is 0 Å². The van der Waals surface area contributed by atoms with Crippen molar-refractivity contribution >= 4 is 33.1 Å². The molecule has 4 rings (SSSR count). The Hall–Kier alpha value is -2.75. The molecule has 0 amide bonds. The molecule has 0 spiro atoms. The summed E-state index contributed by atoms with van der Waals surface area (Å²) in [6.07, 6.45) is -1.27. The van der Waals surface area contributed by atoms with E-state index in [1.54, 1.807) is 65.6 Å². The number of hydrogen-bond donors (Lipinski definition) is 3. The van der Waals surface area contributed by atoms with Gasteiger partial charge in [0.1, 0.15) is 11.9 Å². The maximum atomic E-state index is 11.6. The predicted octanol–water partition coefficient (Wildman–Crippen LogP) is 2.68. The lowest BCUT2D eigenvalue weighted by molar-refractivity contribution is -0.0582. The molecule has 7 nitrogen and oxygen atoms in total. The number of halogens is 1. The van der Waals surface area contributed by atoms with E-state index in [2.05, 4.69) is 4.99 Å². The minimum absolute atomic E-state index is 0.0278. The van der Waals surface area contributed by atoms with Crippen molar-refractivity contribution in [3.8, 4) is 0 Å². The molecule has 0 aromatic heterocycles. The molecule has 1 aliphatic heterocycles. The summed E-state index contributed by atoms with van der Waals surface area (Å²) in [5, 5.41) is 27.9. The third-order valence-corrected chi connectivity index (χ3v) is 6.26. The minimum Gasteiger partial charge on any atom is -0.383 e. The smallest absolute Gasteiger partial charge is 0.238 e. The summed E-state index contributed by atoms with van der Waals surface area (Å²) in [7, 11) is -3.84. The van der Waals surface area contributed by atoms with Crippen molar-refractivity contribution in [3.05, 3.63) is 95.0 Å². The van der Waals surface area contributed by atoms with Gasteiger partial charge < -0.3 is 15.1 Å². The van der Waals surface area contributed by atoms with E-state index < -0.39 is 21.9 Å². The number of nitrogens with zero attached hydrogens (tertiary/aromatic N) is 2. The quantitative estimate of drug-likeness (QED) is 0.544. The van der Waals surface area contributed by atoms with Crippen LogP contribution in [0.15, 0.2) is 88.8 Å². The van der Waals surface area contributed by atoms with Crippen molar-refractivity contribution < 1.29 is 18.6 Å². The maximum absolute atomic E-state index is 11.6.